The van der Waals surface area contributed by atoms with E-state index >= 15 is 0 Å². The summed E-state index contributed by atoms with van der Waals surface area (Å²) in [6, 6.07) is 8.82. The van der Waals surface area contributed by atoms with Gasteiger partial charge >= 0.3 is 5.82 Å². The first-order chi connectivity index (χ1) is 11.3. The number of aromatic nitrogens is 2. The molecule has 0 amide bonds. The Morgan fingerprint density at radius 3 is 2.39 bits per heavy atom. The highest BCUT2D eigenvalue weighted by Gasteiger charge is 2.22. The smallest absolute Gasteiger partial charge is 0.334 e. The SMILES string of the molecule is [O-][n+]1cc2cc3c(cc2nc1-c1ccc2c(c1)OCO2)OCO3. The highest BCUT2D eigenvalue weighted by atomic mass is 16.7. The zero-order chi connectivity index (χ0) is 15.4. The molecule has 7 heteroatoms. The molecule has 0 fully saturated rings. The van der Waals surface area contributed by atoms with Crippen molar-refractivity contribution in [3.05, 3.63) is 41.7 Å². The average molecular weight is 310 g/mol. The zero-order valence-corrected chi connectivity index (χ0v) is 11.8. The molecule has 114 valence electrons. The molecule has 0 saturated heterocycles. The van der Waals surface area contributed by atoms with Gasteiger partial charge in [-0.2, -0.15) is 0 Å². The highest BCUT2D eigenvalue weighted by Crippen LogP contribution is 2.37. The summed E-state index contributed by atoms with van der Waals surface area (Å²) in [5, 5.41) is 13.0. The van der Waals surface area contributed by atoms with Gasteiger partial charge in [-0.1, -0.05) is 0 Å². The maximum absolute atomic E-state index is 12.3. The fourth-order valence-corrected chi connectivity index (χ4v) is 2.73. The van der Waals surface area contributed by atoms with Gasteiger partial charge in [-0.15, -0.1) is 0 Å². The fraction of sp³-hybridized carbons (Fsp3) is 0.125. The molecule has 0 spiro atoms. The van der Waals surface area contributed by atoms with Gasteiger partial charge < -0.3 is 24.2 Å². The van der Waals surface area contributed by atoms with Gasteiger partial charge in [-0.25, -0.2) is 4.73 Å². The van der Waals surface area contributed by atoms with Gasteiger partial charge in [0.2, 0.25) is 13.6 Å². The van der Waals surface area contributed by atoms with Crippen LogP contribution < -0.4 is 23.7 Å². The van der Waals surface area contributed by atoms with Crippen molar-refractivity contribution in [1.29, 1.82) is 0 Å². The van der Waals surface area contributed by atoms with E-state index < -0.39 is 0 Å². The van der Waals surface area contributed by atoms with Crippen LogP contribution in [-0.2, 0) is 0 Å². The molecule has 0 unspecified atom stereocenters. The summed E-state index contributed by atoms with van der Waals surface area (Å²) in [7, 11) is 0. The third-order valence-corrected chi connectivity index (χ3v) is 3.84. The highest BCUT2D eigenvalue weighted by molar-refractivity contribution is 5.82. The average Bonchev–Trinajstić information content (AvgIpc) is 3.19. The molecule has 2 aliphatic heterocycles. The van der Waals surface area contributed by atoms with Crippen LogP contribution in [0.25, 0.3) is 22.3 Å². The molecule has 0 saturated carbocycles. The summed E-state index contributed by atoms with van der Waals surface area (Å²) in [4.78, 5) is 4.47. The lowest BCUT2D eigenvalue weighted by molar-refractivity contribution is -0.595. The number of hydrogen-bond acceptors (Lipinski definition) is 6. The van der Waals surface area contributed by atoms with Crippen LogP contribution in [0, 0.1) is 5.21 Å². The summed E-state index contributed by atoms with van der Waals surface area (Å²) >= 11 is 0. The third kappa shape index (κ3) is 1.83. The van der Waals surface area contributed by atoms with Gasteiger partial charge in [0.15, 0.2) is 28.5 Å². The van der Waals surface area contributed by atoms with Crippen LogP contribution in [0.5, 0.6) is 23.0 Å². The molecule has 0 N–H and O–H groups in total. The zero-order valence-electron chi connectivity index (χ0n) is 11.8. The quantitative estimate of drug-likeness (QED) is 0.505. The Morgan fingerprint density at radius 1 is 0.870 bits per heavy atom. The van der Waals surface area contributed by atoms with Crippen LogP contribution >= 0.6 is 0 Å². The lowest BCUT2D eigenvalue weighted by atomic mass is 10.1. The van der Waals surface area contributed by atoms with Crippen molar-refractivity contribution in [2.24, 2.45) is 0 Å². The Labute approximate surface area is 130 Å². The first kappa shape index (κ1) is 12.3. The molecular formula is C16H10N2O5. The number of fused-ring (bicyclic) bond motifs is 3. The molecule has 2 aliphatic rings. The minimum absolute atomic E-state index is 0.179. The van der Waals surface area contributed by atoms with Crippen LogP contribution in [-0.4, -0.2) is 18.6 Å². The van der Waals surface area contributed by atoms with Crippen molar-refractivity contribution < 1.29 is 23.7 Å². The van der Waals surface area contributed by atoms with Gasteiger partial charge in [0.1, 0.15) is 6.20 Å². The topological polar surface area (TPSA) is 76.8 Å². The monoisotopic (exact) mass is 310 g/mol. The Bertz CT molecular complexity index is 957. The largest absolute Gasteiger partial charge is 0.710 e. The maximum atomic E-state index is 12.3. The molecule has 3 heterocycles. The van der Waals surface area contributed by atoms with E-state index in [9.17, 15) is 5.21 Å². The van der Waals surface area contributed by atoms with Crippen LogP contribution in [0.15, 0.2) is 36.5 Å². The molecule has 0 atom stereocenters. The van der Waals surface area contributed by atoms with Crippen molar-refractivity contribution in [3.63, 3.8) is 0 Å². The Morgan fingerprint density at radius 2 is 1.57 bits per heavy atom. The summed E-state index contributed by atoms with van der Waals surface area (Å²) in [5.41, 5.74) is 1.32. The van der Waals surface area contributed by atoms with Crippen molar-refractivity contribution in [2.45, 2.75) is 0 Å². The van der Waals surface area contributed by atoms with Crippen molar-refractivity contribution >= 4 is 10.9 Å². The normalized spacial score (nSPS) is 14.4. The number of benzene rings is 2. The maximum Gasteiger partial charge on any atom is 0.334 e. The first-order valence-corrected chi connectivity index (χ1v) is 7.01. The van der Waals surface area contributed by atoms with E-state index in [1.54, 1.807) is 30.3 Å². The lowest BCUT2D eigenvalue weighted by Crippen LogP contribution is -2.29. The molecule has 23 heavy (non-hydrogen) atoms. The van der Waals surface area contributed by atoms with E-state index in [4.69, 9.17) is 18.9 Å². The second kappa shape index (κ2) is 4.39. The van der Waals surface area contributed by atoms with Crippen LogP contribution in [0.3, 0.4) is 0 Å². The predicted molar refractivity (Wildman–Crippen MR) is 78.4 cm³/mol. The number of rotatable bonds is 1. The fourth-order valence-electron chi connectivity index (χ4n) is 2.73. The summed E-state index contributed by atoms with van der Waals surface area (Å²) < 4.78 is 22.1. The predicted octanol–water partition coefficient (Wildman–Crippen LogP) is 1.99. The molecule has 0 radical (unpaired) electrons. The van der Waals surface area contributed by atoms with Crippen LogP contribution in [0.4, 0.5) is 0 Å². The lowest BCUT2D eigenvalue weighted by Gasteiger charge is -2.08. The molecule has 0 bridgehead atoms. The van der Waals surface area contributed by atoms with Gasteiger partial charge in [0.25, 0.3) is 0 Å². The summed E-state index contributed by atoms with van der Waals surface area (Å²) in [5.74, 6) is 2.81. The molecular weight excluding hydrogens is 300 g/mol. The van der Waals surface area contributed by atoms with Crippen LogP contribution in [0.1, 0.15) is 0 Å². The Balaban J connectivity index is 1.69. The van der Waals surface area contributed by atoms with Gasteiger partial charge in [-0.05, 0) is 29.2 Å². The van der Waals surface area contributed by atoms with Crippen molar-refractivity contribution in [3.8, 4) is 34.4 Å². The van der Waals surface area contributed by atoms with E-state index in [1.807, 2.05) is 0 Å². The van der Waals surface area contributed by atoms with E-state index in [2.05, 4.69) is 4.98 Å². The van der Waals surface area contributed by atoms with Gasteiger partial charge in [0, 0.05) is 6.07 Å². The van der Waals surface area contributed by atoms with Crippen molar-refractivity contribution in [2.75, 3.05) is 13.6 Å². The standard InChI is InChI=1S/C16H10N2O5/c19-18-6-10-4-14-15(23-8-22-14)5-11(10)17-16(18)9-1-2-12-13(3-9)21-7-20-12/h1-6H,7-8H2. The molecule has 1 aromatic heterocycles. The number of hydrogen-bond donors (Lipinski definition) is 0. The minimum Gasteiger partial charge on any atom is -0.710 e. The van der Waals surface area contributed by atoms with E-state index in [-0.39, 0.29) is 19.4 Å². The number of ether oxygens (including phenoxy) is 4. The minimum atomic E-state index is 0.179. The van der Waals surface area contributed by atoms with E-state index in [0.717, 1.165) is 4.73 Å². The van der Waals surface area contributed by atoms with Gasteiger partial charge in [-0.3, -0.25) is 0 Å². The van der Waals surface area contributed by atoms with E-state index in [0.29, 0.717) is 39.5 Å². The van der Waals surface area contributed by atoms with E-state index in [1.165, 1.54) is 6.20 Å². The molecule has 2 aromatic carbocycles. The Kier molecular flexibility index (Phi) is 2.35. The first-order valence-electron chi connectivity index (χ1n) is 7.01. The van der Waals surface area contributed by atoms with Gasteiger partial charge in [0.05, 0.1) is 10.9 Å². The molecule has 5 rings (SSSR count). The molecule has 3 aromatic rings. The van der Waals surface area contributed by atoms with Crippen LogP contribution in [0.2, 0.25) is 0 Å². The van der Waals surface area contributed by atoms with Crippen molar-refractivity contribution in [1.82, 2.24) is 4.98 Å². The Hall–Kier alpha value is -3.22. The number of nitrogens with zero attached hydrogens (tertiary/aromatic N) is 2. The second-order valence-corrected chi connectivity index (χ2v) is 5.22. The molecule has 7 nitrogen and oxygen atoms in total. The molecule has 0 aliphatic carbocycles. The summed E-state index contributed by atoms with van der Waals surface area (Å²) in [6.07, 6.45) is 1.48. The summed E-state index contributed by atoms with van der Waals surface area (Å²) in [6.45, 7) is 0.364. The second-order valence-electron chi connectivity index (χ2n) is 5.22. The third-order valence-electron chi connectivity index (χ3n) is 3.84.